The Hall–Kier alpha value is -2.90. The Morgan fingerprint density at radius 3 is 2.31 bits per heavy atom. The predicted molar refractivity (Wildman–Crippen MR) is 126 cm³/mol. The van der Waals surface area contributed by atoms with Gasteiger partial charge in [-0.15, -0.1) is 0 Å². The Bertz CT molecular complexity index is 1190. The highest BCUT2D eigenvalue weighted by atomic mass is 32.2. The van der Waals surface area contributed by atoms with E-state index in [0.29, 0.717) is 38.2 Å². The van der Waals surface area contributed by atoms with Crippen LogP contribution in [0, 0.1) is 5.92 Å². The molecule has 0 aromatic heterocycles. The molecule has 3 aromatic carbocycles. The molecule has 7 heteroatoms. The lowest BCUT2D eigenvalue weighted by Gasteiger charge is -2.33. The lowest BCUT2D eigenvalue weighted by atomic mass is 9.95. The van der Waals surface area contributed by atoms with Crippen molar-refractivity contribution in [2.24, 2.45) is 5.92 Å². The van der Waals surface area contributed by atoms with Crippen LogP contribution in [-0.2, 0) is 14.8 Å². The first-order chi connectivity index (χ1) is 15.5. The summed E-state index contributed by atoms with van der Waals surface area (Å²) in [6, 6.07) is 20.4. The van der Waals surface area contributed by atoms with E-state index in [1.165, 1.54) is 4.31 Å². The minimum absolute atomic E-state index is 0.0605. The number of nitrogens with zero attached hydrogens (tertiary/aromatic N) is 2. The molecule has 1 fully saturated rings. The summed E-state index contributed by atoms with van der Waals surface area (Å²) in [6.07, 6.45) is 1.02. The van der Waals surface area contributed by atoms with Crippen molar-refractivity contribution in [3.63, 3.8) is 0 Å². The van der Waals surface area contributed by atoms with E-state index in [0.717, 1.165) is 16.5 Å². The van der Waals surface area contributed by atoms with Crippen molar-refractivity contribution < 1.29 is 17.9 Å². The summed E-state index contributed by atoms with van der Waals surface area (Å²) >= 11 is 0. The smallest absolute Gasteiger partial charge is 0.243 e. The van der Waals surface area contributed by atoms with E-state index < -0.39 is 10.0 Å². The lowest BCUT2D eigenvalue weighted by molar-refractivity contribution is -0.123. The van der Waals surface area contributed by atoms with Crippen LogP contribution in [0.4, 0.5) is 5.69 Å². The van der Waals surface area contributed by atoms with Crippen LogP contribution < -0.4 is 9.64 Å². The standard InChI is InChI=1S/C25H28N2O4S/c1-3-27(24-10-6-8-19-7-4-5-9-23(19)24)25(28)20-15-17-26(18-16-20)32(29,30)22-13-11-21(31-2)12-14-22/h4-14,20H,3,15-18H2,1-2H3. The molecular weight excluding hydrogens is 424 g/mol. The van der Waals surface area contributed by atoms with Crippen LogP contribution in [0.3, 0.4) is 0 Å². The molecule has 0 bridgehead atoms. The van der Waals surface area contributed by atoms with Crippen LogP contribution in [0.1, 0.15) is 19.8 Å². The number of fused-ring (bicyclic) bond motifs is 1. The second-order valence-corrected chi connectivity index (χ2v) is 9.87. The number of rotatable bonds is 6. The zero-order valence-corrected chi connectivity index (χ0v) is 19.2. The fourth-order valence-corrected chi connectivity index (χ4v) is 5.82. The number of carbonyl (C=O) groups excluding carboxylic acids is 1. The van der Waals surface area contributed by atoms with Crippen LogP contribution in [0.2, 0.25) is 0 Å². The fourth-order valence-electron chi connectivity index (χ4n) is 4.35. The SMILES string of the molecule is CCN(C(=O)C1CCN(S(=O)(=O)c2ccc(OC)cc2)CC1)c1cccc2ccccc12. The third kappa shape index (κ3) is 4.23. The number of methoxy groups -OCH3 is 1. The van der Waals surface area contributed by atoms with Gasteiger partial charge in [0.15, 0.2) is 0 Å². The molecule has 0 aliphatic carbocycles. The number of carbonyl (C=O) groups is 1. The molecule has 0 saturated carbocycles. The summed E-state index contributed by atoms with van der Waals surface area (Å²) in [5.74, 6) is 0.475. The van der Waals surface area contributed by atoms with Gasteiger partial charge < -0.3 is 9.64 Å². The van der Waals surface area contributed by atoms with Gasteiger partial charge in [0.25, 0.3) is 0 Å². The molecule has 4 rings (SSSR count). The summed E-state index contributed by atoms with van der Waals surface area (Å²) < 4.78 is 32.6. The van der Waals surface area contributed by atoms with E-state index in [1.54, 1.807) is 31.4 Å². The van der Waals surface area contributed by atoms with Gasteiger partial charge in [-0.05, 0) is 55.5 Å². The summed E-state index contributed by atoms with van der Waals surface area (Å²) in [5, 5.41) is 2.14. The van der Waals surface area contributed by atoms with E-state index >= 15 is 0 Å². The van der Waals surface area contributed by atoms with Gasteiger partial charge in [0, 0.05) is 30.9 Å². The van der Waals surface area contributed by atoms with Crippen LogP contribution in [0.25, 0.3) is 10.8 Å². The van der Waals surface area contributed by atoms with Crippen molar-refractivity contribution in [3.8, 4) is 5.75 Å². The second kappa shape index (κ2) is 9.30. The number of hydrogen-bond donors (Lipinski definition) is 0. The summed E-state index contributed by atoms with van der Waals surface area (Å²) in [7, 11) is -2.05. The van der Waals surface area contributed by atoms with Crippen LogP contribution in [-0.4, -0.2) is 45.4 Å². The third-order valence-corrected chi connectivity index (χ3v) is 8.05. The minimum Gasteiger partial charge on any atom is -0.497 e. The molecule has 1 amide bonds. The Morgan fingerprint density at radius 2 is 1.66 bits per heavy atom. The van der Waals surface area contributed by atoms with Gasteiger partial charge in [-0.25, -0.2) is 8.42 Å². The van der Waals surface area contributed by atoms with Gasteiger partial charge in [0.1, 0.15) is 5.75 Å². The number of ether oxygens (including phenoxy) is 1. The lowest BCUT2D eigenvalue weighted by Crippen LogP contribution is -2.44. The van der Waals surface area contributed by atoms with E-state index in [1.807, 2.05) is 54.3 Å². The number of hydrogen-bond acceptors (Lipinski definition) is 4. The highest BCUT2D eigenvalue weighted by molar-refractivity contribution is 7.89. The molecular formula is C25H28N2O4S. The van der Waals surface area contributed by atoms with Crippen molar-refractivity contribution in [2.75, 3.05) is 31.6 Å². The topological polar surface area (TPSA) is 66.9 Å². The molecule has 3 aromatic rings. The van der Waals surface area contributed by atoms with Crippen molar-refractivity contribution in [3.05, 3.63) is 66.7 Å². The van der Waals surface area contributed by atoms with Gasteiger partial charge in [0.2, 0.25) is 15.9 Å². The maximum atomic E-state index is 13.4. The molecule has 6 nitrogen and oxygen atoms in total. The zero-order valence-electron chi connectivity index (χ0n) is 18.4. The van der Waals surface area contributed by atoms with E-state index in [9.17, 15) is 13.2 Å². The van der Waals surface area contributed by atoms with Gasteiger partial charge in [-0.3, -0.25) is 4.79 Å². The van der Waals surface area contributed by atoms with Crippen molar-refractivity contribution >= 4 is 32.4 Å². The number of sulfonamides is 1. The van der Waals surface area contributed by atoms with Crippen molar-refractivity contribution in [1.82, 2.24) is 4.31 Å². The maximum Gasteiger partial charge on any atom is 0.243 e. The predicted octanol–water partition coefficient (Wildman–Crippen LogP) is 4.30. The van der Waals surface area contributed by atoms with Crippen LogP contribution >= 0.6 is 0 Å². The Morgan fingerprint density at radius 1 is 1.00 bits per heavy atom. The molecule has 0 unspecified atom stereocenters. The van der Waals surface area contributed by atoms with Crippen molar-refractivity contribution in [2.45, 2.75) is 24.7 Å². The minimum atomic E-state index is -3.59. The number of piperidine rings is 1. The molecule has 32 heavy (non-hydrogen) atoms. The van der Waals surface area contributed by atoms with Gasteiger partial charge in [-0.1, -0.05) is 36.4 Å². The molecule has 0 N–H and O–H groups in total. The van der Waals surface area contributed by atoms with Crippen LogP contribution in [0.15, 0.2) is 71.6 Å². The molecule has 1 aliphatic rings. The third-order valence-electron chi connectivity index (χ3n) is 6.14. The van der Waals surface area contributed by atoms with E-state index in [2.05, 4.69) is 0 Å². The van der Waals surface area contributed by atoms with Gasteiger partial charge >= 0.3 is 0 Å². The first-order valence-electron chi connectivity index (χ1n) is 10.9. The quantitative estimate of drug-likeness (QED) is 0.559. The first-order valence-corrected chi connectivity index (χ1v) is 12.3. The highest BCUT2D eigenvalue weighted by Gasteiger charge is 2.34. The largest absolute Gasteiger partial charge is 0.497 e. The number of anilines is 1. The molecule has 1 saturated heterocycles. The molecule has 0 radical (unpaired) electrons. The van der Waals surface area contributed by atoms with Crippen molar-refractivity contribution in [1.29, 1.82) is 0 Å². The Balaban J connectivity index is 1.48. The van der Waals surface area contributed by atoms with Gasteiger partial charge in [0.05, 0.1) is 17.7 Å². The summed E-state index contributed by atoms with van der Waals surface area (Å²) in [4.78, 5) is 15.5. The second-order valence-electron chi connectivity index (χ2n) is 7.93. The summed E-state index contributed by atoms with van der Waals surface area (Å²) in [6.45, 7) is 3.20. The molecule has 0 atom stereocenters. The van der Waals surface area contributed by atoms with Crippen LogP contribution in [0.5, 0.6) is 5.75 Å². The monoisotopic (exact) mass is 452 g/mol. The first kappa shape index (κ1) is 22.3. The fraction of sp³-hybridized carbons (Fsp3) is 0.320. The Labute approximate surface area is 189 Å². The highest BCUT2D eigenvalue weighted by Crippen LogP contribution is 2.31. The normalized spacial score (nSPS) is 15.6. The average Bonchev–Trinajstić information content (AvgIpc) is 2.84. The average molecular weight is 453 g/mol. The number of amides is 1. The van der Waals surface area contributed by atoms with E-state index in [-0.39, 0.29) is 16.7 Å². The van der Waals surface area contributed by atoms with Gasteiger partial charge in [-0.2, -0.15) is 4.31 Å². The zero-order chi connectivity index (χ0) is 22.7. The van der Waals surface area contributed by atoms with E-state index in [4.69, 9.17) is 4.74 Å². The Kier molecular flexibility index (Phi) is 6.48. The number of benzene rings is 3. The molecule has 1 aliphatic heterocycles. The molecule has 1 heterocycles. The summed E-state index contributed by atoms with van der Waals surface area (Å²) in [5.41, 5.74) is 0.906. The molecule has 0 spiro atoms. The molecule has 168 valence electrons. The maximum absolute atomic E-state index is 13.4.